The fourth-order valence-electron chi connectivity index (χ4n) is 1.28. The number of carbonyl (C=O) groups excluding carboxylic acids is 2. The molecule has 1 rings (SSSR count). The second kappa shape index (κ2) is 6.05. The Bertz CT molecular complexity index is 355. The highest BCUT2D eigenvalue weighted by Gasteiger charge is 2.16. The van der Waals surface area contributed by atoms with Gasteiger partial charge in [0.15, 0.2) is 0 Å². The van der Waals surface area contributed by atoms with Crippen LogP contribution in [0.2, 0.25) is 0 Å². The largest absolute Gasteiger partial charge is 0.457 e. The van der Waals surface area contributed by atoms with Crippen molar-refractivity contribution in [2.75, 3.05) is 0 Å². The van der Waals surface area contributed by atoms with Crippen LogP contribution in [-0.2, 0) is 20.7 Å². The lowest BCUT2D eigenvalue weighted by atomic mass is 10.1. The van der Waals surface area contributed by atoms with E-state index in [1.54, 1.807) is 13.8 Å². The molecule has 0 aromatic heterocycles. The van der Waals surface area contributed by atoms with Gasteiger partial charge in [-0.2, -0.15) is 0 Å². The van der Waals surface area contributed by atoms with Gasteiger partial charge in [0, 0.05) is 6.42 Å². The van der Waals surface area contributed by atoms with E-state index >= 15 is 0 Å². The van der Waals surface area contributed by atoms with Gasteiger partial charge in [0.05, 0.1) is 6.10 Å². The summed E-state index contributed by atoms with van der Waals surface area (Å²) in [6, 6.07) is 9.60. The van der Waals surface area contributed by atoms with Crippen molar-refractivity contribution < 1.29 is 14.3 Å². The van der Waals surface area contributed by atoms with Crippen LogP contribution in [0.15, 0.2) is 30.3 Å². The number of esters is 1. The summed E-state index contributed by atoms with van der Waals surface area (Å²) < 4.78 is 4.81. The Morgan fingerprint density at radius 3 is 2.38 bits per heavy atom. The molecule has 0 aliphatic heterocycles. The lowest BCUT2D eigenvalue weighted by Crippen LogP contribution is -2.21. The van der Waals surface area contributed by atoms with Gasteiger partial charge in [-0.05, 0) is 25.8 Å². The molecule has 0 aliphatic carbocycles. The highest BCUT2D eigenvalue weighted by molar-refractivity contribution is 6.33. The molecule has 0 bridgehead atoms. The number of benzene rings is 1. The SMILES string of the molecule is CC(C)OC(=O)C(=O)CCc1ccccc1. The van der Waals surface area contributed by atoms with Crippen LogP contribution >= 0.6 is 0 Å². The lowest BCUT2D eigenvalue weighted by Gasteiger charge is -2.06. The molecule has 3 heteroatoms. The molecule has 0 fully saturated rings. The van der Waals surface area contributed by atoms with Gasteiger partial charge in [0.25, 0.3) is 0 Å². The van der Waals surface area contributed by atoms with Crippen LogP contribution in [0, 0.1) is 0 Å². The van der Waals surface area contributed by atoms with Crippen molar-refractivity contribution >= 4 is 11.8 Å². The molecular weight excluding hydrogens is 204 g/mol. The topological polar surface area (TPSA) is 43.4 Å². The number of hydrogen-bond donors (Lipinski definition) is 0. The normalized spacial score (nSPS) is 10.2. The summed E-state index contributed by atoms with van der Waals surface area (Å²) in [5.74, 6) is -1.19. The maximum atomic E-state index is 11.4. The minimum atomic E-state index is -0.731. The van der Waals surface area contributed by atoms with Crippen LogP contribution in [0.5, 0.6) is 0 Å². The van der Waals surface area contributed by atoms with Crippen LogP contribution in [0.25, 0.3) is 0 Å². The van der Waals surface area contributed by atoms with Gasteiger partial charge in [-0.15, -0.1) is 0 Å². The quantitative estimate of drug-likeness (QED) is 0.564. The van der Waals surface area contributed by atoms with Gasteiger partial charge < -0.3 is 4.74 Å². The monoisotopic (exact) mass is 220 g/mol. The molecule has 1 aromatic carbocycles. The first-order chi connectivity index (χ1) is 7.59. The van der Waals surface area contributed by atoms with E-state index in [9.17, 15) is 9.59 Å². The fraction of sp³-hybridized carbons (Fsp3) is 0.385. The van der Waals surface area contributed by atoms with E-state index in [0.717, 1.165) is 5.56 Å². The minimum absolute atomic E-state index is 0.204. The second-order valence-corrected chi connectivity index (χ2v) is 3.86. The number of ether oxygens (including phenoxy) is 1. The van der Waals surface area contributed by atoms with E-state index in [4.69, 9.17) is 4.74 Å². The van der Waals surface area contributed by atoms with Gasteiger partial charge in [-0.1, -0.05) is 30.3 Å². The Balaban J connectivity index is 2.38. The molecule has 0 spiro atoms. The number of carbonyl (C=O) groups is 2. The third-order valence-electron chi connectivity index (χ3n) is 2.05. The Morgan fingerprint density at radius 1 is 1.19 bits per heavy atom. The van der Waals surface area contributed by atoms with Crippen molar-refractivity contribution in [3.05, 3.63) is 35.9 Å². The first-order valence-electron chi connectivity index (χ1n) is 5.37. The van der Waals surface area contributed by atoms with E-state index in [-0.39, 0.29) is 12.5 Å². The Kier molecular flexibility index (Phi) is 4.70. The van der Waals surface area contributed by atoms with Crippen molar-refractivity contribution in [2.24, 2.45) is 0 Å². The molecule has 0 atom stereocenters. The summed E-state index contributed by atoms with van der Waals surface area (Å²) in [7, 11) is 0. The summed E-state index contributed by atoms with van der Waals surface area (Å²) in [5, 5.41) is 0. The molecule has 0 saturated carbocycles. The van der Waals surface area contributed by atoms with Crippen LogP contribution in [0.4, 0.5) is 0 Å². The van der Waals surface area contributed by atoms with E-state index < -0.39 is 11.8 Å². The summed E-state index contributed by atoms with van der Waals surface area (Å²) >= 11 is 0. The van der Waals surface area contributed by atoms with Crippen molar-refractivity contribution in [1.29, 1.82) is 0 Å². The van der Waals surface area contributed by atoms with Gasteiger partial charge in [0.2, 0.25) is 5.78 Å². The molecule has 0 saturated heterocycles. The third-order valence-corrected chi connectivity index (χ3v) is 2.05. The number of Topliss-reactive ketones (excluding diaryl/α,β-unsaturated/α-hetero) is 1. The summed E-state index contributed by atoms with van der Waals surface area (Å²) in [5.41, 5.74) is 1.05. The molecule has 0 aliphatic rings. The first kappa shape index (κ1) is 12.4. The molecular formula is C13H16O3. The van der Waals surface area contributed by atoms with Gasteiger partial charge >= 0.3 is 5.97 Å². The van der Waals surface area contributed by atoms with E-state index in [2.05, 4.69) is 0 Å². The fourth-order valence-corrected chi connectivity index (χ4v) is 1.28. The predicted octanol–water partition coefficient (Wildman–Crippen LogP) is 2.14. The zero-order valence-corrected chi connectivity index (χ0v) is 9.60. The number of ketones is 1. The smallest absolute Gasteiger partial charge is 0.374 e. The summed E-state index contributed by atoms with van der Waals surface area (Å²) in [6.07, 6.45) is 0.538. The van der Waals surface area contributed by atoms with Crippen molar-refractivity contribution in [2.45, 2.75) is 32.8 Å². The zero-order chi connectivity index (χ0) is 12.0. The lowest BCUT2D eigenvalue weighted by molar-refractivity contribution is -0.156. The van der Waals surface area contributed by atoms with E-state index in [1.807, 2.05) is 30.3 Å². The second-order valence-electron chi connectivity index (χ2n) is 3.86. The maximum absolute atomic E-state index is 11.4. The minimum Gasteiger partial charge on any atom is -0.457 e. The molecule has 1 aromatic rings. The highest BCUT2D eigenvalue weighted by atomic mass is 16.5. The summed E-state index contributed by atoms with van der Waals surface area (Å²) in [4.78, 5) is 22.6. The van der Waals surface area contributed by atoms with Gasteiger partial charge in [-0.25, -0.2) is 4.79 Å². The Labute approximate surface area is 95.4 Å². The van der Waals surface area contributed by atoms with Crippen molar-refractivity contribution in [3.8, 4) is 0 Å². The van der Waals surface area contributed by atoms with Crippen LogP contribution in [-0.4, -0.2) is 17.9 Å². The molecule has 0 radical (unpaired) electrons. The number of aryl methyl sites for hydroxylation is 1. The Morgan fingerprint density at radius 2 is 1.81 bits per heavy atom. The van der Waals surface area contributed by atoms with Crippen LogP contribution in [0.3, 0.4) is 0 Å². The van der Waals surface area contributed by atoms with Crippen LogP contribution < -0.4 is 0 Å². The maximum Gasteiger partial charge on any atom is 0.374 e. The number of rotatable bonds is 5. The van der Waals surface area contributed by atoms with Crippen molar-refractivity contribution in [1.82, 2.24) is 0 Å². The van der Waals surface area contributed by atoms with Crippen molar-refractivity contribution in [3.63, 3.8) is 0 Å². The average Bonchev–Trinajstić information content (AvgIpc) is 2.26. The Hall–Kier alpha value is -1.64. The molecule has 0 N–H and O–H groups in total. The van der Waals surface area contributed by atoms with Crippen LogP contribution in [0.1, 0.15) is 25.8 Å². The zero-order valence-electron chi connectivity index (χ0n) is 9.60. The first-order valence-corrected chi connectivity index (χ1v) is 5.37. The number of hydrogen-bond acceptors (Lipinski definition) is 3. The van der Waals surface area contributed by atoms with E-state index in [1.165, 1.54) is 0 Å². The standard InChI is InChI=1S/C13H16O3/c1-10(2)16-13(15)12(14)9-8-11-6-4-3-5-7-11/h3-7,10H,8-9H2,1-2H3. The van der Waals surface area contributed by atoms with Gasteiger partial charge in [0.1, 0.15) is 0 Å². The summed E-state index contributed by atoms with van der Waals surface area (Å²) in [6.45, 7) is 3.45. The predicted molar refractivity (Wildman–Crippen MR) is 61.0 cm³/mol. The van der Waals surface area contributed by atoms with E-state index in [0.29, 0.717) is 6.42 Å². The van der Waals surface area contributed by atoms with Gasteiger partial charge in [-0.3, -0.25) is 4.79 Å². The third kappa shape index (κ3) is 4.26. The molecule has 16 heavy (non-hydrogen) atoms. The molecule has 0 heterocycles. The average molecular weight is 220 g/mol. The molecule has 3 nitrogen and oxygen atoms in total. The molecule has 0 amide bonds. The molecule has 0 unspecified atom stereocenters. The molecule has 86 valence electrons. The highest BCUT2D eigenvalue weighted by Crippen LogP contribution is 2.03.